The van der Waals surface area contributed by atoms with Crippen LogP contribution in [0.3, 0.4) is 0 Å². The van der Waals surface area contributed by atoms with Crippen LogP contribution in [0.15, 0.2) is 24.3 Å². The number of hydrogen-bond acceptors (Lipinski definition) is 2. The maximum absolute atomic E-state index is 11.9. The number of nitrogens with one attached hydrogen (secondary N) is 1. The first-order valence-electron chi connectivity index (χ1n) is 6.99. The fourth-order valence-corrected chi connectivity index (χ4v) is 2.13. The molecule has 0 aliphatic rings. The molecular weight excluding hydrogens is 238 g/mol. The summed E-state index contributed by atoms with van der Waals surface area (Å²) >= 11 is 0. The van der Waals surface area contributed by atoms with E-state index in [0.29, 0.717) is 18.8 Å². The number of carbonyl (C=O) groups excluding carboxylic acids is 1. The number of amides is 1. The van der Waals surface area contributed by atoms with Crippen LogP contribution in [-0.2, 0) is 11.2 Å². The predicted octanol–water partition coefficient (Wildman–Crippen LogP) is 2.45. The number of aliphatic hydroxyl groups is 1. The Bertz CT molecular complexity index is 401. The van der Waals surface area contributed by atoms with Crippen LogP contribution in [0.25, 0.3) is 0 Å². The van der Waals surface area contributed by atoms with Crippen molar-refractivity contribution in [2.45, 2.75) is 46.1 Å². The molecule has 1 amide bonds. The Hall–Kier alpha value is -1.35. The molecule has 0 aromatic heterocycles. The number of rotatable bonds is 7. The lowest BCUT2D eigenvalue weighted by Crippen LogP contribution is -2.39. The molecule has 1 aromatic carbocycles. The van der Waals surface area contributed by atoms with Crippen LogP contribution in [0, 0.1) is 12.8 Å². The Morgan fingerprint density at radius 2 is 2.00 bits per heavy atom. The van der Waals surface area contributed by atoms with E-state index in [-0.39, 0.29) is 18.6 Å². The van der Waals surface area contributed by atoms with Crippen molar-refractivity contribution in [2.75, 3.05) is 6.61 Å². The van der Waals surface area contributed by atoms with Crippen LogP contribution in [0.4, 0.5) is 0 Å². The van der Waals surface area contributed by atoms with E-state index in [1.165, 1.54) is 11.1 Å². The molecule has 0 aliphatic heterocycles. The summed E-state index contributed by atoms with van der Waals surface area (Å²) in [6.07, 6.45) is 1.88. The van der Waals surface area contributed by atoms with Gasteiger partial charge in [0, 0.05) is 19.1 Å². The van der Waals surface area contributed by atoms with Crippen molar-refractivity contribution in [3.8, 4) is 0 Å². The molecule has 19 heavy (non-hydrogen) atoms. The molecule has 0 fully saturated rings. The van der Waals surface area contributed by atoms with Crippen LogP contribution >= 0.6 is 0 Å². The van der Waals surface area contributed by atoms with Crippen molar-refractivity contribution in [3.63, 3.8) is 0 Å². The molecule has 0 aliphatic carbocycles. The van der Waals surface area contributed by atoms with Gasteiger partial charge in [-0.15, -0.1) is 0 Å². The summed E-state index contributed by atoms with van der Waals surface area (Å²) in [5, 5.41) is 12.0. The Morgan fingerprint density at radius 1 is 1.32 bits per heavy atom. The van der Waals surface area contributed by atoms with Gasteiger partial charge in [-0.2, -0.15) is 0 Å². The van der Waals surface area contributed by atoms with Crippen molar-refractivity contribution in [2.24, 2.45) is 5.92 Å². The predicted molar refractivity (Wildman–Crippen MR) is 78.0 cm³/mol. The maximum atomic E-state index is 11.9. The molecule has 2 N–H and O–H groups in total. The monoisotopic (exact) mass is 263 g/mol. The third-order valence-electron chi connectivity index (χ3n) is 3.47. The van der Waals surface area contributed by atoms with Gasteiger partial charge in [0.05, 0.1) is 0 Å². The molecule has 1 atom stereocenters. The van der Waals surface area contributed by atoms with E-state index in [2.05, 4.69) is 38.2 Å². The molecule has 3 heteroatoms. The van der Waals surface area contributed by atoms with Crippen molar-refractivity contribution in [1.82, 2.24) is 5.32 Å². The van der Waals surface area contributed by atoms with Crippen molar-refractivity contribution in [1.29, 1.82) is 0 Å². The van der Waals surface area contributed by atoms with Crippen LogP contribution in [0.5, 0.6) is 0 Å². The van der Waals surface area contributed by atoms with Crippen molar-refractivity contribution >= 4 is 5.91 Å². The Morgan fingerprint density at radius 3 is 2.58 bits per heavy atom. The number of benzene rings is 1. The fraction of sp³-hybridized carbons (Fsp3) is 0.562. The number of aryl methyl sites for hydroxylation is 2. The zero-order chi connectivity index (χ0) is 14.3. The van der Waals surface area contributed by atoms with Gasteiger partial charge in [0.1, 0.15) is 0 Å². The number of carbonyl (C=O) groups is 1. The van der Waals surface area contributed by atoms with Gasteiger partial charge in [-0.05, 0) is 36.8 Å². The Labute approximate surface area is 116 Å². The molecule has 1 rings (SSSR count). The molecule has 1 unspecified atom stereocenters. The van der Waals surface area contributed by atoms with Gasteiger partial charge in [-0.1, -0.05) is 38.1 Å². The van der Waals surface area contributed by atoms with Gasteiger partial charge in [0.15, 0.2) is 0 Å². The molecule has 0 bridgehead atoms. The average Bonchev–Trinajstić information content (AvgIpc) is 2.37. The maximum Gasteiger partial charge on any atom is 0.220 e. The lowest BCUT2D eigenvalue weighted by atomic mass is 10.00. The molecule has 0 spiro atoms. The topological polar surface area (TPSA) is 49.3 Å². The summed E-state index contributed by atoms with van der Waals surface area (Å²) in [6, 6.07) is 8.21. The van der Waals surface area contributed by atoms with Crippen molar-refractivity contribution < 1.29 is 9.90 Å². The molecule has 0 radical (unpaired) electrons. The minimum atomic E-state index is 0.0642. The summed E-state index contributed by atoms with van der Waals surface area (Å²) in [4.78, 5) is 11.9. The lowest BCUT2D eigenvalue weighted by molar-refractivity contribution is -0.122. The molecule has 0 heterocycles. The molecule has 0 saturated carbocycles. The quantitative estimate of drug-likeness (QED) is 0.794. The Balaban J connectivity index is 2.45. The highest BCUT2D eigenvalue weighted by atomic mass is 16.3. The van der Waals surface area contributed by atoms with Gasteiger partial charge in [0.25, 0.3) is 0 Å². The third kappa shape index (κ3) is 5.43. The van der Waals surface area contributed by atoms with Gasteiger partial charge < -0.3 is 10.4 Å². The highest BCUT2D eigenvalue weighted by molar-refractivity contribution is 5.76. The summed E-state index contributed by atoms with van der Waals surface area (Å²) < 4.78 is 0. The number of aliphatic hydroxyl groups excluding tert-OH is 1. The second-order valence-electron chi connectivity index (χ2n) is 5.36. The average molecular weight is 263 g/mol. The zero-order valence-electron chi connectivity index (χ0n) is 12.1. The second-order valence-corrected chi connectivity index (χ2v) is 5.36. The highest BCUT2D eigenvalue weighted by Gasteiger charge is 2.15. The van der Waals surface area contributed by atoms with E-state index >= 15 is 0 Å². The standard InChI is InChI=1S/C16H25NO2/c1-12(2)15(10-11-18)17-16(19)9-8-14-7-5-4-6-13(14)3/h4-7,12,15,18H,8-11H2,1-3H3,(H,17,19). The first kappa shape index (κ1) is 15.7. The van der Waals surface area contributed by atoms with E-state index in [4.69, 9.17) is 5.11 Å². The largest absolute Gasteiger partial charge is 0.396 e. The molecule has 3 nitrogen and oxygen atoms in total. The summed E-state index contributed by atoms with van der Waals surface area (Å²) in [7, 11) is 0. The normalized spacial score (nSPS) is 12.5. The van der Waals surface area contributed by atoms with Crippen LogP contribution in [-0.4, -0.2) is 23.7 Å². The Kier molecular flexibility index (Phi) is 6.57. The van der Waals surface area contributed by atoms with Crippen LogP contribution in [0.1, 0.15) is 37.8 Å². The van der Waals surface area contributed by atoms with Gasteiger partial charge in [0.2, 0.25) is 5.91 Å². The molecular formula is C16H25NO2. The van der Waals surface area contributed by atoms with E-state index in [1.54, 1.807) is 0 Å². The number of hydrogen-bond donors (Lipinski definition) is 2. The smallest absolute Gasteiger partial charge is 0.220 e. The van der Waals surface area contributed by atoms with E-state index in [1.807, 2.05) is 12.1 Å². The van der Waals surface area contributed by atoms with Gasteiger partial charge in [-0.25, -0.2) is 0 Å². The van der Waals surface area contributed by atoms with E-state index in [0.717, 1.165) is 6.42 Å². The molecule has 0 saturated heterocycles. The van der Waals surface area contributed by atoms with E-state index in [9.17, 15) is 4.79 Å². The fourth-order valence-electron chi connectivity index (χ4n) is 2.13. The van der Waals surface area contributed by atoms with Crippen LogP contribution < -0.4 is 5.32 Å². The second kappa shape index (κ2) is 7.95. The SMILES string of the molecule is Cc1ccccc1CCC(=O)NC(CCO)C(C)C. The minimum Gasteiger partial charge on any atom is -0.396 e. The first-order valence-corrected chi connectivity index (χ1v) is 6.99. The van der Waals surface area contributed by atoms with Crippen LogP contribution in [0.2, 0.25) is 0 Å². The van der Waals surface area contributed by atoms with Gasteiger partial charge >= 0.3 is 0 Å². The zero-order valence-corrected chi connectivity index (χ0v) is 12.1. The van der Waals surface area contributed by atoms with E-state index < -0.39 is 0 Å². The minimum absolute atomic E-state index is 0.0642. The summed E-state index contributed by atoms with van der Waals surface area (Å²) in [5.41, 5.74) is 2.45. The molecule has 1 aromatic rings. The molecule has 106 valence electrons. The summed E-state index contributed by atoms with van der Waals surface area (Å²) in [5.74, 6) is 0.407. The summed E-state index contributed by atoms with van der Waals surface area (Å²) in [6.45, 7) is 6.29. The highest BCUT2D eigenvalue weighted by Crippen LogP contribution is 2.10. The van der Waals surface area contributed by atoms with Gasteiger partial charge in [-0.3, -0.25) is 4.79 Å². The lowest BCUT2D eigenvalue weighted by Gasteiger charge is -2.21. The van der Waals surface area contributed by atoms with Crippen molar-refractivity contribution in [3.05, 3.63) is 35.4 Å². The third-order valence-corrected chi connectivity index (χ3v) is 3.47. The first-order chi connectivity index (χ1) is 9.04.